The van der Waals surface area contributed by atoms with Crippen LogP contribution in [0.4, 0.5) is 24.0 Å². The SMILES string of the molecule is CCN(CC)c1nc2sc(C(=O)NCC(=O)Nc3ccc(F)c(F)c3F)cc2s1. The normalized spacial score (nSPS) is 10.9. The summed E-state index contributed by atoms with van der Waals surface area (Å²) in [5.74, 6) is -5.79. The minimum absolute atomic E-state index is 0.386. The molecular formula is C18H17F3N4O2S2. The van der Waals surface area contributed by atoms with E-state index in [0.29, 0.717) is 10.9 Å². The van der Waals surface area contributed by atoms with Crippen molar-refractivity contribution in [3.8, 4) is 0 Å². The maximum absolute atomic E-state index is 13.6. The molecule has 3 rings (SSSR count). The highest BCUT2D eigenvalue weighted by Crippen LogP contribution is 2.34. The van der Waals surface area contributed by atoms with E-state index < -0.39 is 41.5 Å². The molecule has 2 amide bonds. The highest BCUT2D eigenvalue weighted by Gasteiger charge is 2.18. The van der Waals surface area contributed by atoms with Crippen LogP contribution in [0.2, 0.25) is 0 Å². The van der Waals surface area contributed by atoms with Crippen molar-refractivity contribution in [1.82, 2.24) is 10.3 Å². The van der Waals surface area contributed by atoms with Crippen LogP contribution in [0.25, 0.3) is 9.53 Å². The van der Waals surface area contributed by atoms with E-state index in [9.17, 15) is 22.8 Å². The molecule has 0 aliphatic heterocycles. The fourth-order valence-corrected chi connectivity index (χ4v) is 4.78. The Kier molecular flexibility index (Phi) is 6.38. The van der Waals surface area contributed by atoms with Gasteiger partial charge in [-0.15, -0.1) is 11.3 Å². The van der Waals surface area contributed by atoms with Gasteiger partial charge in [-0.3, -0.25) is 9.59 Å². The summed E-state index contributed by atoms with van der Waals surface area (Å²) in [5.41, 5.74) is -0.507. The molecular weight excluding hydrogens is 425 g/mol. The Balaban J connectivity index is 1.61. The number of nitrogens with one attached hydrogen (secondary N) is 2. The van der Waals surface area contributed by atoms with Crippen LogP contribution in [0.3, 0.4) is 0 Å². The number of hydrogen-bond donors (Lipinski definition) is 2. The van der Waals surface area contributed by atoms with Gasteiger partial charge in [0.15, 0.2) is 22.6 Å². The Hall–Kier alpha value is -2.66. The first kappa shape index (κ1) is 21.1. The number of aromatic nitrogens is 1. The Morgan fingerprint density at radius 2 is 1.83 bits per heavy atom. The van der Waals surface area contributed by atoms with Crippen molar-refractivity contribution < 1.29 is 22.8 Å². The lowest BCUT2D eigenvalue weighted by Gasteiger charge is -2.16. The number of carbonyl (C=O) groups is 2. The second kappa shape index (κ2) is 8.78. The van der Waals surface area contributed by atoms with Crippen molar-refractivity contribution in [3.05, 3.63) is 40.5 Å². The molecule has 6 nitrogen and oxygen atoms in total. The van der Waals surface area contributed by atoms with E-state index in [-0.39, 0.29) is 0 Å². The summed E-state index contributed by atoms with van der Waals surface area (Å²) in [6.45, 7) is 5.28. The lowest BCUT2D eigenvalue weighted by molar-refractivity contribution is -0.115. The number of thiophene rings is 1. The summed E-state index contributed by atoms with van der Waals surface area (Å²) in [6, 6.07) is 3.30. The van der Waals surface area contributed by atoms with Crippen LogP contribution >= 0.6 is 22.7 Å². The van der Waals surface area contributed by atoms with E-state index in [1.807, 2.05) is 13.8 Å². The van der Waals surface area contributed by atoms with Crippen molar-refractivity contribution in [3.63, 3.8) is 0 Å². The summed E-state index contributed by atoms with van der Waals surface area (Å²) in [6.07, 6.45) is 0. The molecule has 2 heterocycles. The highest BCUT2D eigenvalue weighted by atomic mass is 32.1. The van der Waals surface area contributed by atoms with Crippen molar-refractivity contribution in [2.24, 2.45) is 0 Å². The van der Waals surface area contributed by atoms with Gasteiger partial charge in [-0.1, -0.05) is 11.3 Å². The molecule has 0 spiro atoms. The second-order valence-electron chi connectivity index (χ2n) is 5.90. The van der Waals surface area contributed by atoms with Gasteiger partial charge >= 0.3 is 0 Å². The number of hydrogen-bond acceptors (Lipinski definition) is 6. The first-order valence-corrected chi connectivity index (χ1v) is 10.3. The van der Waals surface area contributed by atoms with E-state index >= 15 is 0 Å². The maximum atomic E-state index is 13.6. The first-order valence-electron chi connectivity index (χ1n) is 8.70. The molecule has 0 saturated heterocycles. The minimum atomic E-state index is -1.68. The van der Waals surface area contributed by atoms with Crippen LogP contribution in [-0.2, 0) is 4.79 Å². The number of benzene rings is 1. The molecule has 0 atom stereocenters. The molecule has 0 unspecified atom stereocenters. The molecule has 0 radical (unpaired) electrons. The lowest BCUT2D eigenvalue weighted by Crippen LogP contribution is -2.32. The van der Waals surface area contributed by atoms with Crippen LogP contribution in [0.1, 0.15) is 23.5 Å². The molecule has 3 aromatic rings. The van der Waals surface area contributed by atoms with Gasteiger partial charge in [-0.05, 0) is 32.0 Å². The summed E-state index contributed by atoms with van der Waals surface area (Å²) in [4.78, 5) is 31.9. The second-order valence-corrected chi connectivity index (χ2v) is 7.94. The third-order valence-corrected chi connectivity index (χ3v) is 6.27. The molecule has 2 N–H and O–H groups in total. The van der Waals surface area contributed by atoms with Crippen molar-refractivity contribution in [2.45, 2.75) is 13.8 Å². The first-order chi connectivity index (χ1) is 13.8. The molecule has 0 aliphatic rings. The Morgan fingerprint density at radius 3 is 2.48 bits per heavy atom. The fraction of sp³-hybridized carbons (Fsp3) is 0.278. The molecule has 1 aromatic carbocycles. The smallest absolute Gasteiger partial charge is 0.261 e. The molecule has 0 saturated carbocycles. The van der Waals surface area contributed by atoms with Gasteiger partial charge in [0.25, 0.3) is 5.91 Å². The van der Waals surface area contributed by atoms with Crippen molar-refractivity contribution in [1.29, 1.82) is 0 Å². The molecule has 154 valence electrons. The zero-order chi connectivity index (χ0) is 21.1. The molecule has 0 fully saturated rings. The number of anilines is 2. The number of fused-ring (bicyclic) bond motifs is 1. The number of amides is 2. The van der Waals surface area contributed by atoms with Gasteiger partial charge in [0.2, 0.25) is 5.91 Å². The number of carbonyl (C=O) groups excluding carboxylic acids is 2. The molecule has 0 aliphatic carbocycles. The Bertz CT molecular complexity index is 1030. The van der Waals surface area contributed by atoms with Crippen LogP contribution in [0.15, 0.2) is 18.2 Å². The van der Waals surface area contributed by atoms with E-state index in [1.54, 1.807) is 6.07 Å². The van der Waals surface area contributed by atoms with Gasteiger partial charge in [-0.2, -0.15) is 0 Å². The summed E-state index contributed by atoms with van der Waals surface area (Å²) in [7, 11) is 0. The quantitative estimate of drug-likeness (QED) is 0.543. The molecule has 11 heteroatoms. The summed E-state index contributed by atoms with van der Waals surface area (Å²) >= 11 is 2.69. The Labute approximate surface area is 172 Å². The van der Waals surface area contributed by atoms with E-state index in [1.165, 1.54) is 22.7 Å². The monoisotopic (exact) mass is 442 g/mol. The molecule has 2 aromatic heterocycles. The standard InChI is InChI=1S/C18H17F3N4O2S2/c1-3-25(4-2)18-24-17-12(29-18)7-11(28-17)16(27)22-8-13(26)23-10-6-5-9(19)14(20)15(10)21/h5-7H,3-4,8H2,1-2H3,(H,22,27)(H,23,26). The predicted molar refractivity (Wildman–Crippen MR) is 108 cm³/mol. The fourth-order valence-electron chi connectivity index (χ4n) is 2.53. The summed E-state index contributed by atoms with van der Waals surface area (Å²) < 4.78 is 40.6. The highest BCUT2D eigenvalue weighted by molar-refractivity contribution is 7.29. The average Bonchev–Trinajstić information content (AvgIpc) is 3.27. The number of nitrogens with zero attached hydrogens (tertiary/aromatic N) is 2. The largest absolute Gasteiger partial charge is 0.349 e. The predicted octanol–water partition coefficient (Wildman–Crippen LogP) is 3.99. The van der Waals surface area contributed by atoms with Crippen LogP contribution < -0.4 is 15.5 Å². The van der Waals surface area contributed by atoms with E-state index in [2.05, 4.69) is 20.5 Å². The van der Waals surface area contributed by atoms with Gasteiger partial charge in [0.1, 0.15) is 4.83 Å². The molecule has 0 bridgehead atoms. The lowest BCUT2D eigenvalue weighted by atomic mass is 10.2. The number of thiazole rings is 1. The zero-order valence-corrected chi connectivity index (χ0v) is 17.1. The average molecular weight is 442 g/mol. The Morgan fingerprint density at radius 1 is 1.10 bits per heavy atom. The van der Waals surface area contributed by atoms with Gasteiger partial charge < -0.3 is 15.5 Å². The van der Waals surface area contributed by atoms with E-state index in [4.69, 9.17) is 0 Å². The van der Waals surface area contributed by atoms with Crippen LogP contribution in [0.5, 0.6) is 0 Å². The van der Waals surface area contributed by atoms with Crippen molar-refractivity contribution >= 4 is 54.8 Å². The van der Waals surface area contributed by atoms with Gasteiger partial charge in [0.05, 0.1) is 21.8 Å². The third-order valence-electron chi connectivity index (χ3n) is 4.05. The van der Waals surface area contributed by atoms with Crippen molar-refractivity contribution in [2.75, 3.05) is 29.9 Å². The minimum Gasteiger partial charge on any atom is -0.349 e. The molecule has 29 heavy (non-hydrogen) atoms. The number of rotatable bonds is 7. The number of halogens is 3. The summed E-state index contributed by atoms with van der Waals surface area (Å²) in [5, 5.41) is 5.39. The zero-order valence-electron chi connectivity index (χ0n) is 15.5. The van der Waals surface area contributed by atoms with E-state index in [0.717, 1.165) is 33.8 Å². The van der Waals surface area contributed by atoms with Gasteiger partial charge in [-0.25, -0.2) is 18.2 Å². The maximum Gasteiger partial charge on any atom is 0.261 e. The van der Waals surface area contributed by atoms with Crippen LogP contribution in [0, 0.1) is 17.5 Å². The van der Waals surface area contributed by atoms with Crippen LogP contribution in [-0.4, -0.2) is 36.4 Å². The topological polar surface area (TPSA) is 74.3 Å². The third kappa shape index (κ3) is 4.51. The van der Waals surface area contributed by atoms with Gasteiger partial charge in [0, 0.05) is 13.1 Å².